The summed E-state index contributed by atoms with van der Waals surface area (Å²) in [6, 6.07) is 10.7. The van der Waals surface area contributed by atoms with Crippen molar-refractivity contribution in [3.63, 3.8) is 0 Å². The highest BCUT2D eigenvalue weighted by Crippen LogP contribution is 2.29. The van der Waals surface area contributed by atoms with E-state index in [1.165, 1.54) is 0 Å². The van der Waals surface area contributed by atoms with Crippen LogP contribution in [-0.4, -0.2) is 27.8 Å². The molecule has 24 heavy (non-hydrogen) atoms. The van der Waals surface area contributed by atoms with Crippen LogP contribution in [0.4, 0.5) is 5.69 Å². The van der Waals surface area contributed by atoms with Crippen molar-refractivity contribution in [1.29, 1.82) is 0 Å². The number of nitrogens with zero attached hydrogens (tertiary/aromatic N) is 3. The molecule has 1 N–H and O–H groups in total. The molecular weight excluding hydrogens is 328 g/mol. The van der Waals surface area contributed by atoms with Crippen LogP contribution < -0.4 is 10.1 Å². The van der Waals surface area contributed by atoms with Gasteiger partial charge in [-0.25, -0.2) is 0 Å². The summed E-state index contributed by atoms with van der Waals surface area (Å²) in [5.41, 5.74) is 2.58. The maximum Gasteiger partial charge on any atom is 0.257 e. The zero-order valence-electron chi connectivity index (χ0n) is 13.2. The second-order valence-electron chi connectivity index (χ2n) is 5.14. The van der Waals surface area contributed by atoms with Gasteiger partial charge in [0, 0.05) is 0 Å². The average molecular weight is 343 g/mol. The molecule has 0 unspecified atom stereocenters. The molecule has 0 spiro atoms. The van der Waals surface area contributed by atoms with Gasteiger partial charge in [-0.1, -0.05) is 23.7 Å². The third kappa shape index (κ3) is 3.09. The maximum absolute atomic E-state index is 12.6. The highest BCUT2D eigenvalue weighted by molar-refractivity contribution is 6.35. The first-order chi connectivity index (χ1) is 11.6. The Morgan fingerprint density at radius 1 is 1.21 bits per heavy atom. The van der Waals surface area contributed by atoms with E-state index in [4.69, 9.17) is 16.3 Å². The standard InChI is InChI=1S/C17H15ClN4O2/c1-11-4-3-5-13(16(11)18)17(23)21-14-8-12(6-7-15(14)24-2)22-9-19-20-10-22/h3-10H,1-2H3,(H,21,23). The van der Waals surface area contributed by atoms with E-state index in [2.05, 4.69) is 15.5 Å². The van der Waals surface area contributed by atoms with Crippen molar-refractivity contribution < 1.29 is 9.53 Å². The van der Waals surface area contributed by atoms with Gasteiger partial charge in [-0.05, 0) is 36.8 Å². The molecule has 122 valence electrons. The molecule has 2 aromatic carbocycles. The van der Waals surface area contributed by atoms with Crippen LogP contribution in [0.15, 0.2) is 49.1 Å². The molecule has 0 saturated carbocycles. The van der Waals surface area contributed by atoms with Crippen molar-refractivity contribution in [2.24, 2.45) is 0 Å². The van der Waals surface area contributed by atoms with Crippen molar-refractivity contribution in [3.8, 4) is 11.4 Å². The van der Waals surface area contributed by atoms with Crippen LogP contribution >= 0.6 is 11.6 Å². The van der Waals surface area contributed by atoms with E-state index in [1.54, 1.807) is 48.6 Å². The highest BCUT2D eigenvalue weighted by atomic mass is 35.5. The van der Waals surface area contributed by atoms with Gasteiger partial charge < -0.3 is 10.1 Å². The van der Waals surface area contributed by atoms with Crippen molar-refractivity contribution in [2.45, 2.75) is 6.92 Å². The van der Waals surface area contributed by atoms with Crippen molar-refractivity contribution in [1.82, 2.24) is 14.8 Å². The molecule has 0 aliphatic rings. The normalized spacial score (nSPS) is 10.5. The molecule has 3 aromatic rings. The van der Waals surface area contributed by atoms with Gasteiger partial charge in [0.2, 0.25) is 0 Å². The molecule has 0 fully saturated rings. The number of hydrogen-bond acceptors (Lipinski definition) is 4. The summed E-state index contributed by atoms with van der Waals surface area (Å²) in [6.07, 6.45) is 3.15. The average Bonchev–Trinajstić information content (AvgIpc) is 3.11. The van der Waals surface area contributed by atoms with Crippen LogP contribution in [0.5, 0.6) is 5.75 Å². The Balaban J connectivity index is 1.95. The summed E-state index contributed by atoms with van der Waals surface area (Å²) in [5.74, 6) is 0.242. The molecule has 1 aromatic heterocycles. The number of nitrogens with one attached hydrogen (secondary N) is 1. The first-order valence-electron chi connectivity index (χ1n) is 7.19. The van der Waals surface area contributed by atoms with Gasteiger partial charge >= 0.3 is 0 Å². The second-order valence-corrected chi connectivity index (χ2v) is 5.52. The third-order valence-electron chi connectivity index (χ3n) is 3.58. The van der Waals surface area contributed by atoms with Crippen molar-refractivity contribution >= 4 is 23.2 Å². The molecule has 1 heterocycles. The van der Waals surface area contributed by atoms with E-state index < -0.39 is 0 Å². The minimum Gasteiger partial charge on any atom is -0.495 e. The van der Waals surface area contributed by atoms with E-state index in [-0.39, 0.29) is 5.91 Å². The molecular formula is C17H15ClN4O2. The van der Waals surface area contributed by atoms with E-state index in [0.717, 1.165) is 11.3 Å². The van der Waals surface area contributed by atoms with Crippen molar-refractivity contribution in [2.75, 3.05) is 12.4 Å². The molecule has 1 amide bonds. The Morgan fingerprint density at radius 2 is 1.96 bits per heavy atom. The van der Waals surface area contributed by atoms with Crippen LogP contribution in [-0.2, 0) is 0 Å². The van der Waals surface area contributed by atoms with Gasteiger partial charge in [0.25, 0.3) is 5.91 Å². The lowest BCUT2D eigenvalue weighted by atomic mass is 10.1. The lowest BCUT2D eigenvalue weighted by Gasteiger charge is -2.13. The summed E-state index contributed by atoms with van der Waals surface area (Å²) in [7, 11) is 1.54. The molecule has 0 radical (unpaired) electrons. The number of carbonyl (C=O) groups is 1. The Hall–Kier alpha value is -2.86. The Labute approximate surface area is 144 Å². The van der Waals surface area contributed by atoms with E-state index >= 15 is 0 Å². The number of ether oxygens (including phenoxy) is 1. The SMILES string of the molecule is COc1ccc(-n2cnnc2)cc1NC(=O)c1cccc(C)c1Cl. The summed E-state index contributed by atoms with van der Waals surface area (Å²) >= 11 is 6.23. The largest absolute Gasteiger partial charge is 0.495 e. The first kappa shape index (κ1) is 16.0. The number of carbonyl (C=O) groups excluding carboxylic acids is 1. The van der Waals surface area contributed by atoms with Gasteiger partial charge in [-0.2, -0.15) is 0 Å². The van der Waals surface area contributed by atoms with Gasteiger partial charge in [0.15, 0.2) is 0 Å². The maximum atomic E-state index is 12.6. The van der Waals surface area contributed by atoms with Crippen molar-refractivity contribution in [3.05, 3.63) is 65.2 Å². The van der Waals surface area contributed by atoms with E-state index in [1.807, 2.05) is 19.1 Å². The number of hydrogen-bond donors (Lipinski definition) is 1. The zero-order valence-corrected chi connectivity index (χ0v) is 13.9. The van der Waals surface area contributed by atoms with Gasteiger partial charge in [0.05, 0.1) is 29.1 Å². The fraction of sp³-hybridized carbons (Fsp3) is 0.118. The number of rotatable bonds is 4. The van der Waals surface area contributed by atoms with Crippen LogP contribution in [0.25, 0.3) is 5.69 Å². The number of amides is 1. The molecule has 0 saturated heterocycles. The fourth-order valence-corrected chi connectivity index (χ4v) is 2.51. The zero-order chi connectivity index (χ0) is 17.1. The Bertz CT molecular complexity index is 878. The number of benzene rings is 2. The molecule has 0 aliphatic carbocycles. The number of methoxy groups -OCH3 is 1. The van der Waals surface area contributed by atoms with Crippen LogP contribution in [0, 0.1) is 6.92 Å². The molecule has 0 bridgehead atoms. The Kier molecular flexibility index (Phi) is 4.48. The molecule has 0 atom stereocenters. The molecule has 0 aliphatic heterocycles. The highest BCUT2D eigenvalue weighted by Gasteiger charge is 2.15. The molecule has 7 heteroatoms. The second kappa shape index (κ2) is 6.72. The van der Waals surface area contributed by atoms with Crippen LogP contribution in [0.1, 0.15) is 15.9 Å². The van der Waals surface area contributed by atoms with Gasteiger partial charge in [0.1, 0.15) is 18.4 Å². The summed E-state index contributed by atoms with van der Waals surface area (Å²) in [5, 5.41) is 10.8. The quantitative estimate of drug-likeness (QED) is 0.788. The summed E-state index contributed by atoms with van der Waals surface area (Å²) < 4.78 is 7.05. The summed E-state index contributed by atoms with van der Waals surface area (Å²) in [6.45, 7) is 1.85. The fourth-order valence-electron chi connectivity index (χ4n) is 2.30. The monoisotopic (exact) mass is 342 g/mol. The molecule has 3 rings (SSSR count). The minimum atomic E-state index is -0.303. The predicted octanol–water partition coefficient (Wildman–Crippen LogP) is 3.49. The van der Waals surface area contributed by atoms with E-state index in [9.17, 15) is 4.79 Å². The lowest BCUT2D eigenvalue weighted by molar-refractivity contribution is 0.102. The Morgan fingerprint density at radius 3 is 2.67 bits per heavy atom. The molecule has 6 nitrogen and oxygen atoms in total. The van der Waals surface area contributed by atoms with E-state index in [0.29, 0.717) is 22.0 Å². The first-order valence-corrected chi connectivity index (χ1v) is 7.57. The lowest BCUT2D eigenvalue weighted by Crippen LogP contribution is -2.14. The topological polar surface area (TPSA) is 69.0 Å². The van der Waals surface area contributed by atoms with Crippen LogP contribution in [0.2, 0.25) is 5.02 Å². The third-order valence-corrected chi connectivity index (χ3v) is 4.09. The van der Waals surface area contributed by atoms with Gasteiger partial charge in [-0.15, -0.1) is 10.2 Å². The minimum absolute atomic E-state index is 0.303. The number of aromatic nitrogens is 3. The van der Waals surface area contributed by atoms with Gasteiger partial charge in [-0.3, -0.25) is 9.36 Å². The number of anilines is 1. The number of aryl methyl sites for hydroxylation is 1. The summed E-state index contributed by atoms with van der Waals surface area (Å²) in [4.78, 5) is 12.6. The van der Waals surface area contributed by atoms with Crippen LogP contribution in [0.3, 0.4) is 0 Å². The smallest absolute Gasteiger partial charge is 0.257 e. The predicted molar refractivity (Wildman–Crippen MR) is 92.1 cm³/mol. The number of halogens is 1.